The Kier molecular flexibility index (Phi) is 2.79. The van der Waals surface area contributed by atoms with E-state index in [0.29, 0.717) is 17.9 Å². The van der Waals surface area contributed by atoms with Gasteiger partial charge in [-0.25, -0.2) is 9.97 Å². The number of carbonyl (C=O) groups excluding carboxylic acids is 1. The summed E-state index contributed by atoms with van der Waals surface area (Å²) in [6, 6.07) is 5.58. The number of thiophene rings is 1. The predicted molar refractivity (Wildman–Crippen MR) is 77.3 cm³/mol. The first-order valence-electron chi connectivity index (χ1n) is 5.91. The molecular weight excluding hydrogens is 260 g/mol. The lowest BCUT2D eigenvalue weighted by Crippen LogP contribution is -2.22. The molecule has 0 aliphatic rings. The van der Waals surface area contributed by atoms with E-state index in [4.69, 9.17) is 5.73 Å². The highest BCUT2D eigenvalue weighted by molar-refractivity contribution is 7.25. The lowest BCUT2D eigenvalue weighted by atomic mass is 10.1. The third-order valence-electron chi connectivity index (χ3n) is 2.90. The van der Waals surface area contributed by atoms with Gasteiger partial charge in [0.1, 0.15) is 17.0 Å². The fourth-order valence-corrected chi connectivity index (χ4v) is 3.07. The van der Waals surface area contributed by atoms with Crippen LogP contribution >= 0.6 is 11.3 Å². The second-order valence-corrected chi connectivity index (χ2v) is 5.14. The van der Waals surface area contributed by atoms with E-state index in [0.717, 1.165) is 20.3 Å². The number of rotatable bonds is 2. The van der Waals surface area contributed by atoms with Crippen LogP contribution in [0.5, 0.6) is 0 Å². The van der Waals surface area contributed by atoms with Gasteiger partial charge in [-0.2, -0.15) is 0 Å². The van der Waals surface area contributed by atoms with Crippen molar-refractivity contribution in [3.8, 4) is 0 Å². The monoisotopic (exact) mass is 272 g/mol. The molecule has 0 unspecified atom stereocenters. The zero-order chi connectivity index (χ0) is 13.4. The Morgan fingerprint density at radius 2 is 2.26 bits per heavy atom. The number of nitrogens with one attached hydrogen (secondary N) is 1. The number of carbonyl (C=O) groups is 1. The van der Waals surface area contributed by atoms with Crippen LogP contribution in [0.15, 0.2) is 24.5 Å². The van der Waals surface area contributed by atoms with Crippen LogP contribution in [-0.4, -0.2) is 22.4 Å². The van der Waals surface area contributed by atoms with Crippen LogP contribution in [0.2, 0.25) is 0 Å². The molecule has 0 radical (unpaired) electrons. The fourth-order valence-electron chi connectivity index (χ4n) is 2.04. The molecule has 1 aromatic carbocycles. The average Bonchev–Trinajstić information content (AvgIpc) is 2.77. The molecule has 19 heavy (non-hydrogen) atoms. The van der Waals surface area contributed by atoms with Crippen molar-refractivity contribution < 1.29 is 4.79 Å². The second kappa shape index (κ2) is 4.47. The van der Waals surface area contributed by atoms with Crippen molar-refractivity contribution in [2.24, 2.45) is 0 Å². The zero-order valence-electron chi connectivity index (χ0n) is 10.3. The number of nitrogens with zero attached hydrogens (tertiary/aromatic N) is 2. The third-order valence-corrected chi connectivity index (χ3v) is 3.98. The van der Waals surface area contributed by atoms with Crippen LogP contribution in [0, 0.1) is 0 Å². The number of fused-ring (bicyclic) bond motifs is 3. The maximum atomic E-state index is 11.9. The van der Waals surface area contributed by atoms with Gasteiger partial charge in [0.05, 0.1) is 5.39 Å². The molecule has 0 atom stereocenters. The minimum absolute atomic E-state index is 0.0841. The van der Waals surface area contributed by atoms with Gasteiger partial charge in [0, 0.05) is 22.2 Å². The van der Waals surface area contributed by atoms with Crippen molar-refractivity contribution in [3.05, 3.63) is 30.1 Å². The Morgan fingerprint density at radius 1 is 1.42 bits per heavy atom. The van der Waals surface area contributed by atoms with E-state index in [2.05, 4.69) is 15.3 Å². The minimum Gasteiger partial charge on any atom is -0.383 e. The Hall–Kier alpha value is -2.21. The number of anilines is 1. The summed E-state index contributed by atoms with van der Waals surface area (Å²) in [5.74, 6) is 0.364. The summed E-state index contributed by atoms with van der Waals surface area (Å²) in [6.07, 6.45) is 1.46. The maximum absolute atomic E-state index is 11.9. The summed E-state index contributed by atoms with van der Waals surface area (Å²) in [5.41, 5.74) is 6.53. The molecule has 6 heteroatoms. The van der Waals surface area contributed by atoms with Crippen molar-refractivity contribution in [3.63, 3.8) is 0 Å². The van der Waals surface area contributed by atoms with E-state index in [1.54, 1.807) is 11.3 Å². The topological polar surface area (TPSA) is 80.9 Å². The predicted octanol–water partition coefficient (Wildman–Crippen LogP) is 2.18. The van der Waals surface area contributed by atoms with E-state index in [1.807, 2.05) is 25.1 Å². The van der Waals surface area contributed by atoms with Crippen LogP contribution in [0.4, 0.5) is 5.82 Å². The quantitative estimate of drug-likeness (QED) is 0.749. The molecule has 0 spiro atoms. The fraction of sp³-hybridized carbons (Fsp3) is 0.154. The van der Waals surface area contributed by atoms with Crippen LogP contribution in [-0.2, 0) is 0 Å². The maximum Gasteiger partial charge on any atom is 0.251 e. The molecule has 2 heterocycles. The highest BCUT2D eigenvalue weighted by Crippen LogP contribution is 2.35. The Bertz CT molecular complexity index is 781. The van der Waals surface area contributed by atoms with Crippen LogP contribution in [0.1, 0.15) is 17.3 Å². The van der Waals surface area contributed by atoms with Crippen LogP contribution < -0.4 is 11.1 Å². The summed E-state index contributed by atoms with van der Waals surface area (Å²) in [7, 11) is 0. The highest BCUT2D eigenvalue weighted by atomic mass is 32.1. The Balaban J connectivity index is 2.26. The van der Waals surface area contributed by atoms with Crippen LogP contribution in [0.25, 0.3) is 20.3 Å². The number of benzene rings is 1. The van der Waals surface area contributed by atoms with E-state index < -0.39 is 0 Å². The number of nitrogens with two attached hydrogens (primary N) is 1. The average molecular weight is 272 g/mol. The number of nitrogen functional groups attached to an aromatic ring is 1. The van der Waals surface area contributed by atoms with Gasteiger partial charge in [-0.05, 0) is 25.1 Å². The molecule has 96 valence electrons. The summed E-state index contributed by atoms with van der Waals surface area (Å²) in [6.45, 7) is 2.49. The Morgan fingerprint density at radius 3 is 3.05 bits per heavy atom. The number of amides is 1. The van der Waals surface area contributed by atoms with Crippen molar-refractivity contribution in [1.82, 2.24) is 15.3 Å². The molecule has 0 saturated heterocycles. The molecule has 0 saturated carbocycles. The lowest BCUT2D eigenvalue weighted by molar-refractivity contribution is 0.0956. The van der Waals surface area contributed by atoms with Gasteiger partial charge < -0.3 is 11.1 Å². The SMILES string of the molecule is CCNC(=O)c1ccc2sc3ncnc(N)c3c2c1. The first-order chi connectivity index (χ1) is 9.20. The number of hydrogen-bond donors (Lipinski definition) is 2. The molecule has 5 nitrogen and oxygen atoms in total. The molecule has 0 aliphatic heterocycles. The van der Waals surface area contributed by atoms with Gasteiger partial charge in [0.25, 0.3) is 5.91 Å². The largest absolute Gasteiger partial charge is 0.383 e. The summed E-state index contributed by atoms with van der Waals surface area (Å²) in [4.78, 5) is 20.9. The van der Waals surface area contributed by atoms with Crippen molar-refractivity contribution in [2.75, 3.05) is 12.3 Å². The lowest BCUT2D eigenvalue weighted by Gasteiger charge is -2.02. The normalized spacial score (nSPS) is 11.0. The standard InChI is InChI=1S/C13H12N4OS/c1-2-15-12(18)7-3-4-9-8(5-7)10-11(14)16-6-17-13(10)19-9/h3-6H,2H2,1H3,(H,15,18)(H2,14,16,17). The summed E-state index contributed by atoms with van der Waals surface area (Å²) >= 11 is 1.55. The van der Waals surface area contributed by atoms with Crippen molar-refractivity contribution >= 4 is 43.4 Å². The van der Waals surface area contributed by atoms with Gasteiger partial charge in [-0.15, -0.1) is 11.3 Å². The second-order valence-electron chi connectivity index (χ2n) is 4.11. The van der Waals surface area contributed by atoms with Crippen molar-refractivity contribution in [1.29, 1.82) is 0 Å². The molecule has 2 aromatic heterocycles. The van der Waals surface area contributed by atoms with Gasteiger partial charge in [0.15, 0.2) is 0 Å². The first kappa shape index (κ1) is 11.9. The zero-order valence-corrected chi connectivity index (χ0v) is 11.1. The van der Waals surface area contributed by atoms with Crippen molar-refractivity contribution in [2.45, 2.75) is 6.92 Å². The number of aromatic nitrogens is 2. The van der Waals surface area contributed by atoms with Crippen LogP contribution in [0.3, 0.4) is 0 Å². The molecule has 0 fully saturated rings. The van der Waals surface area contributed by atoms with Gasteiger partial charge in [-0.1, -0.05) is 0 Å². The van der Waals surface area contributed by atoms with Gasteiger partial charge in [-0.3, -0.25) is 4.79 Å². The Labute approximate surface area is 113 Å². The molecule has 3 N–H and O–H groups in total. The van der Waals surface area contributed by atoms with E-state index in [9.17, 15) is 4.79 Å². The third kappa shape index (κ3) is 1.90. The van der Waals surface area contributed by atoms with Gasteiger partial charge >= 0.3 is 0 Å². The van der Waals surface area contributed by atoms with E-state index >= 15 is 0 Å². The molecule has 1 amide bonds. The minimum atomic E-state index is -0.0841. The summed E-state index contributed by atoms with van der Waals surface area (Å²) in [5, 5.41) is 4.54. The van der Waals surface area contributed by atoms with E-state index in [1.165, 1.54) is 6.33 Å². The number of hydrogen-bond acceptors (Lipinski definition) is 5. The van der Waals surface area contributed by atoms with Gasteiger partial charge in [0.2, 0.25) is 0 Å². The summed E-state index contributed by atoms with van der Waals surface area (Å²) < 4.78 is 1.05. The van der Waals surface area contributed by atoms with E-state index in [-0.39, 0.29) is 5.91 Å². The molecule has 0 bridgehead atoms. The molecule has 3 rings (SSSR count). The molecular formula is C13H12N4OS. The smallest absolute Gasteiger partial charge is 0.251 e. The molecule has 3 aromatic rings. The molecule has 0 aliphatic carbocycles. The first-order valence-corrected chi connectivity index (χ1v) is 6.73. The highest BCUT2D eigenvalue weighted by Gasteiger charge is 2.12.